The smallest absolute Gasteiger partial charge is 0.405 e. The molecule has 0 radical (unpaired) electrons. The van der Waals surface area contributed by atoms with Crippen molar-refractivity contribution in [3.63, 3.8) is 0 Å². The van der Waals surface area contributed by atoms with Crippen LogP contribution in [0.25, 0.3) is 0 Å². The van der Waals surface area contributed by atoms with Gasteiger partial charge in [-0.05, 0) is 12.1 Å². The maximum Gasteiger partial charge on any atom is 0.405 e. The van der Waals surface area contributed by atoms with Crippen molar-refractivity contribution in [1.29, 1.82) is 0 Å². The highest BCUT2D eigenvalue weighted by atomic mass is 16.4. The van der Waals surface area contributed by atoms with Gasteiger partial charge in [0.1, 0.15) is 6.04 Å². The molecule has 0 aromatic carbocycles. The molecule has 1 aromatic heterocycles. The number of hydrogen-bond donors (Lipinski definition) is 3. The minimum absolute atomic E-state index is 0.289. The molecule has 2 rings (SSSR count). The van der Waals surface area contributed by atoms with Gasteiger partial charge in [0.2, 0.25) is 5.91 Å². The number of hydrogen-bond acceptors (Lipinski definition) is 5. The normalized spacial score (nSPS) is 23.4. The molecule has 0 spiro atoms. The molecule has 0 bridgehead atoms. The Morgan fingerprint density at radius 1 is 1.69 bits per heavy atom. The van der Waals surface area contributed by atoms with Gasteiger partial charge in [-0.2, -0.15) is 4.80 Å². The van der Waals surface area contributed by atoms with Gasteiger partial charge < -0.3 is 15.7 Å². The third-order valence-electron chi connectivity index (χ3n) is 2.20. The second-order valence-electron chi connectivity index (χ2n) is 3.43. The molecule has 9 nitrogen and oxygen atoms in total. The van der Waals surface area contributed by atoms with Crippen LogP contribution in [0.3, 0.4) is 0 Å². The summed E-state index contributed by atoms with van der Waals surface area (Å²) < 4.78 is 0. The Hall–Kier alpha value is -2.19. The monoisotopic (exact) mass is 226 g/mol. The predicted molar refractivity (Wildman–Crippen MR) is 49.4 cm³/mol. The summed E-state index contributed by atoms with van der Waals surface area (Å²) in [5.74, 6) is 0.178. The number of rotatable bonds is 3. The average molecular weight is 226 g/mol. The maximum absolute atomic E-state index is 11.1. The fourth-order valence-electron chi connectivity index (χ4n) is 1.47. The first-order valence-electron chi connectivity index (χ1n) is 4.60. The van der Waals surface area contributed by atoms with E-state index in [0.29, 0.717) is 5.82 Å². The summed E-state index contributed by atoms with van der Waals surface area (Å²) in [7, 11) is 0. The van der Waals surface area contributed by atoms with Crippen molar-refractivity contribution in [3.8, 4) is 0 Å². The molecule has 1 aliphatic rings. The van der Waals surface area contributed by atoms with Crippen LogP contribution < -0.4 is 10.6 Å². The molecule has 2 atom stereocenters. The molecule has 1 aromatic rings. The molecular weight excluding hydrogens is 216 g/mol. The van der Waals surface area contributed by atoms with Crippen molar-refractivity contribution in [1.82, 2.24) is 30.8 Å². The topological polar surface area (TPSA) is 122 Å². The lowest BCUT2D eigenvalue weighted by atomic mass is 9.99. The van der Waals surface area contributed by atoms with E-state index in [1.807, 2.05) is 0 Å². The summed E-state index contributed by atoms with van der Waals surface area (Å²) in [6.07, 6.45) is -1.23. The molecule has 0 aliphatic carbocycles. The molecule has 0 saturated carbocycles. The third-order valence-corrected chi connectivity index (χ3v) is 2.20. The van der Waals surface area contributed by atoms with E-state index in [4.69, 9.17) is 5.11 Å². The zero-order valence-corrected chi connectivity index (χ0v) is 8.41. The molecule has 1 aliphatic heterocycles. The van der Waals surface area contributed by atoms with E-state index < -0.39 is 12.1 Å². The number of carboxylic acid groups (broad SMARTS) is 1. The van der Waals surface area contributed by atoms with Gasteiger partial charge in [-0.3, -0.25) is 4.79 Å². The minimum atomic E-state index is -1.23. The van der Waals surface area contributed by atoms with E-state index in [2.05, 4.69) is 26.0 Å². The van der Waals surface area contributed by atoms with Crippen LogP contribution in [-0.2, 0) is 11.3 Å². The number of amides is 2. The van der Waals surface area contributed by atoms with Gasteiger partial charge in [-0.15, -0.1) is 10.2 Å². The van der Waals surface area contributed by atoms with Gasteiger partial charge in [0.05, 0.1) is 12.6 Å². The number of carbonyl (C=O) groups excluding carboxylic acids is 1. The number of aromatic nitrogens is 4. The standard InChI is InChI=1S/C7H10N6O3/c1-3-10-12-13(11-3)2-4-5(6(14)8-4)9-7(15)16/h4-5,9H,2H2,1H3,(H,8,14)(H,15,16)/t4-,5+/m1/s1. The second kappa shape index (κ2) is 3.76. The fraction of sp³-hybridized carbons (Fsp3) is 0.571. The molecule has 2 heterocycles. The molecule has 0 unspecified atom stereocenters. The van der Waals surface area contributed by atoms with E-state index in [0.717, 1.165) is 0 Å². The molecular formula is C7H10N6O3. The summed E-state index contributed by atoms with van der Waals surface area (Å²) in [5.41, 5.74) is 0. The average Bonchev–Trinajstić information content (AvgIpc) is 2.60. The van der Waals surface area contributed by atoms with Crippen molar-refractivity contribution in [2.24, 2.45) is 0 Å². The Kier molecular flexibility index (Phi) is 2.43. The van der Waals surface area contributed by atoms with E-state index in [9.17, 15) is 9.59 Å². The molecule has 86 valence electrons. The Morgan fingerprint density at radius 2 is 2.44 bits per heavy atom. The lowest BCUT2D eigenvalue weighted by molar-refractivity contribution is -0.131. The number of aryl methyl sites for hydroxylation is 1. The first-order valence-corrected chi connectivity index (χ1v) is 4.60. The van der Waals surface area contributed by atoms with Crippen LogP contribution in [0.15, 0.2) is 0 Å². The van der Waals surface area contributed by atoms with E-state index in [1.54, 1.807) is 6.92 Å². The van der Waals surface area contributed by atoms with Crippen LogP contribution in [-0.4, -0.2) is 49.4 Å². The van der Waals surface area contributed by atoms with Crippen molar-refractivity contribution in [2.45, 2.75) is 25.6 Å². The van der Waals surface area contributed by atoms with Gasteiger partial charge in [-0.1, -0.05) is 0 Å². The van der Waals surface area contributed by atoms with Crippen LogP contribution in [0.1, 0.15) is 5.82 Å². The summed E-state index contributed by atoms with van der Waals surface area (Å²) >= 11 is 0. The zero-order chi connectivity index (χ0) is 11.7. The molecule has 16 heavy (non-hydrogen) atoms. The number of nitrogens with zero attached hydrogens (tertiary/aromatic N) is 4. The SMILES string of the molecule is Cc1nnn(C[C@H]2NC(=O)[C@H]2NC(=O)O)n1. The first-order chi connectivity index (χ1) is 7.56. The summed E-state index contributed by atoms with van der Waals surface area (Å²) in [6, 6.07) is -1.08. The summed E-state index contributed by atoms with van der Waals surface area (Å²) in [6.45, 7) is 1.98. The van der Waals surface area contributed by atoms with Crippen LogP contribution in [0.2, 0.25) is 0 Å². The Labute approximate surface area is 89.8 Å². The van der Waals surface area contributed by atoms with Crippen LogP contribution >= 0.6 is 0 Å². The Balaban J connectivity index is 1.95. The molecule has 1 saturated heterocycles. The largest absolute Gasteiger partial charge is 0.465 e. The van der Waals surface area contributed by atoms with Gasteiger partial charge in [0.25, 0.3) is 0 Å². The highest BCUT2D eigenvalue weighted by molar-refractivity contribution is 5.91. The van der Waals surface area contributed by atoms with Crippen molar-refractivity contribution in [3.05, 3.63) is 5.82 Å². The zero-order valence-electron chi connectivity index (χ0n) is 8.41. The number of carbonyl (C=O) groups is 2. The lowest BCUT2D eigenvalue weighted by Crippen LogP contribution is -2.70. The highest BCUT2D eigenvalue weighted by Crippen LogP contribution is 2.07. The van der Waals surface area contributed by atoms with Crippen molar-refractivity contribution >= 4 is 12.0 Å². The Morgan fingerprint density at radius 3 is 2.94 bits per heavy atom. The van der Waals surface area contributed by atoms with E-state index in [-0.39, 0.29) is 18.5 Å². The summed E-state index contributed by atoms with van der Waals surface area (Å²) in [4.78, 5) is 22.8. The lowest BCUT2D eigenvalue weighted by Gasteiger charge is -2.35. The van der Waals surface area contributed by atoms with Crippen molar-refractivity contribution in [2.75, 3.05) is 0 Å². The van der Waals surface area contributed by atoms with Crippen molar-refractivity contribution < 1.29 is 14.7 Å². The molecule has 9 heteroatoms. The predicted octanol–water partition coefficient (Wildman–Crippen LogP) is -1.88. The Bertz CT molecular complexity index is 430. The fourth-order valence-corrected chi connectivity index (χ4v) is 1.47. The van der Waals surface area contributed by atoms with E-state index in [1.165, 1.54) is 4.80 Å². The molecule has 3 N–H and O–H groups in total. The number of tetrazole rings is 1. The van der Waals surface area contributed by atoms with Gasteiger partial charge in [0, 0.05) is 0 Å². The van der Waals surface area contributed by atoms with Gasteiger partial charge in [-0.25, -0.2) is 4.79 Å². The van der Waals surface area contributed by atoms with Crippen LogP contribution in [0, 0.1) is 6.92 Å². The van der Waals surface area contributed by atoms with Gasteiger partial charge >= 0.3 is 6.09 Å². The number of nitrogens with one attached hydrogen (secondary N) is 2. The third kappa shape index (κ3) is 1.92. The maximum atomic E-state index is 11.1. The van der Waals surface area contributed by atoms with Gasteiger partial charge in [0.15, 0.2) is 5.82 Å². The van der Waals surface area contributed by atoms with E-state index >= 15 is 0 Å². The van der Waals surface area contributed by atoms with Crippen LogP contribution in [0.5, 0.6) is 0 Å². The molecule has 2 amide bonds. The second-order valence-corrected chi connectivity index (χ2v) is 3.43. The number of β-lactam (4-membered cyclic amide) rings is 1. The highest BCUT2D eigenvalue weighted by Gasteiger charge is 2.41. The molecule has 1 fully saturated rings. The van der Waals surface area contributed by atoms with Crippen LogP contribution in [0.4, 0.5) is 4.79 Å². The quantitative estimate of drug-likeness (QED) is 0.518. The minimum Gasteiger partial charge on any atom is -0.465 e. The summed E-state index contributed by atoms with van der Waals surface area (Å²) in [5, 5.41) is 24.5. The first kappa shape index (κ1) is 10.3.